The van der Waals surface area contributed by atoms with E-state index < -0.39 is 6.09 Å². The summed E-state index contributed by atoms with van der Waals surface area (Å²) < 4.78 is 5.29. The van der Waals surface area contributed by atoms with Crippen molar-refractivity contribution in [3.05, 3.63) is 23.8 Å². The predicted octanol–water partition coefficient (Wildman–Crippen LogP) is 1.63. The molecule has 0 saturated heterocycles. The molecule has 0 unspecified atom stereocenters. The third kappa shape index (κ3) is 3.35. The molecule has 1 rings (SSSR count). The van der Waals surface area contributed by atoms with Crippen molar-refractivity contribution in [3.8, 4) is 5.75 Å². The van der Waals surface area contributed by atoms with Crippen molar-refractivity contribution in [1.29, 1.82) is 0 Å². The van der Waals surface area contributed by atoms with Gasteiger partial charge in [0.1, 0.15) is 5.75 Å². The number of benzene rings is 1. The van der Waals surface area contributed by atoms with Gasteiger partial charge in [0.2, 0.25) is 0 Å². The van der Waals surface area contributed by atoms with Gasteiger partial charge < -0.3 is 9.64 Å². The maximum atomic E-state index is 11.6. The Bertz CT molecular complexity index is 405. The van der Waals surface area contributed by atoms with E-state index in [0.717, 1.165) is 11.3 Å². The Hall–Kier alpha value is -1.75. The molecule has 0 bridgehead atoms. The van der Waals surface area contributed by atoms with E-state index in [1.165, 1.54) is 5.01 Å². The molecule has 0 aliphatic rings. The maximum Gasteiger partial charge on any atom is 0.429 e. The van der Waals surface area contributed by atoms with Gasteiger partial charge in [0.25, 0.3) is 0 Å². The number of carbonyl (C=O) groups excluding carboxylic acids is 1. The molecule has 5 heteroatoms. The normalized spacial score (nSPS) is 9.94. The van der Waals surface area contributed by atoms with Crippen LogP contribution in [0.2, 0.25) is 0 Å². The molecule has 0 aliphatic carbocycles. The van der Waals surface area contributed by atoms with E-state index in [0.29, 0.717) is 5.75 Å². The van der Waals surface area contributed by atoms with Gasteiger partial charge in [-0.2, -0.15) is 0 Å². The van der Waals surface area contributed by atoms with E-state index in [9.17, 15) is 4.79 Å². The Morgan fingerprint density at radius 3 is 2.47 bits per heavy atom. The van der Waals surface area contributed by atoms with E-state index in [1.807, 2.05) is 44.1 Å². The molecule has 1 aromatic carbocycles. The SMILES string of the molecule is CNN(C)C(=O)Oc1cc(N(C)C)ccc1C. The van der Waals surface area contributed by atoms with E-state index in [2.05, 4.69) is 5.43 Å². The van der Waals surface area contributed by atoms with Crippen LogP contribution < -0.4 is 15.1 Å². The van der Waals surface area contributed by atoms with Crippen LogP contribution >= 0.6 is 0 Å². The smallest absolute Gasteiger partial charge is 0.409 e. The lowest BCUT2D eigenvalue weighted by Crippen LogP contribution is -2.38. The molecule has 0 radical (unpaired) electrons. The first-order valence-corrected chi connectivity index (χ1v) is 5.36. The number of hydrazine groups is 1. The van der Waals surface area contributed by atoms with Crippen molar-refractivity contribution >= 4 is 11.8 Å². The Labute approximate surface area is 102 Å². The Morgan fingerprint density at radius 2 is 1.94 bits per heavy atom. The van der Waals surface area contributed by atoms with Gasteiger partial charge in [-0.15, -0.1) is 0 Å². The zero-order valence-corrected chi connectivity index (χ0v) is 10.9. The van der Waals surface area contributed by atoms with Gasteiger partial charge in [0.15, 0.2) is 0 Å². The molecular formula is C12H19N3O2. The summed E-state index contributed by atoms with van der Waals surface area (Å²) in [7, 11) is 7.14. The van der Waals surface area contributed by atoms with E-state index in [1.54, 1.807) is 14.1 Å². The molecule has 94 valence electrons. The zero-order valence-electron chi connectivity index (χ0n) is 10.9. The van der Waals surface area contributed by atoms with Gasteiger partial charge in [-0.05, 0) is 18.6 Å². The highest BCUT2D eigenvalue weighted by Crippen LogP contribution is 2.24. The highest BCUT2D eigenvalue weighted by molar-refractivity contribution is 5.71. The molecule has 1 aromatic rings. The summed E-state index contributed by atoms with van der Waals surface area (Å²) in [6.45, 7) is 1.90. The van der Waals surface area contributed by atoms with Crippen LogP contribution in [0.3, 0.4) is 0 Å². The summed E-state index contributed by atoms with van der Waals surface area (Å²) in [5, 5.41) is 1.28. The van der Waals surface area contributed by atoms with E-state index in [4.69, 9.17) is 4.74 Å². The lowest BCUT2D eigenvalue weighted by atomic mass is 10.2. The fourth-order valence-corrected chi connectivity index (χ4v) is 1.23. The van der Waals surface area contributed by atoms with Crippen molar-refractivity contribution in [1.82, 2.24) is 10.4 Å². The van der Waals surface area contributed by atoms with Gasteiger partial charge in [-0.25, -0.2) is 15.2 Å². The Morgan fingerprint density at radius 1 is 1.29 bits per heavy atom. The van der Waals surface area contributed by atoms with Crippen LogP contribution in [-0.2, 0) is 0 Å². The molecule has 0 spiro atoms. The molecule has 0 aromatic heterocycles. The molecule has 5 nitrogen and oxygen atoms in total. The molecular weight excluding hydrogens is 218 g/mol. The third-order valence-electron chi connectivity index (χ3n) is 2.49. The summed E-state index contributed by atoms with van der Waals surface area (Å²) in [6, 6.07) is 5.75. The average molecular weight is 237 g/mol. The number of nitrogens with zero attached hydrogens (tertiary/aromatic N) is 2. The fraction of sp³-hybridized carbons (Fsp3) is 0.417. The van der Waals surface area contributed by atoms with Crippen LogP contribution in [0.5, 0.6) is 5.75 Å². The van der Waals surface area contributed by atoms with Crippen molar-refractivity contribution in [2.75, 3.05) is 33.1 Å². The first-order chi connectivity index (χ1) is 7.95. The van der Waals surface area contributed by atoms with Crippen molar-refractivity contribution in [3.63, 3.8) is 0 Å². The monoisotopic (exact) mass is 237 g/mol. The summed E-state index contributed by atoms with van der Waals surface area (Å²) >= 11 is 0. The van der Waals surface area contributed by atoms with Crippen LogP contribution in [0, 0.1) is 6.92 Å². The maximum absolute atomic E-state index is 11.6. The van der Waals surface area contributed by atoms with Crippen LogP contribution in [0.1, 0.15) is 5.56 Å². The van der Waals surface area contributed by atoms with Crippen molar-refractivity contribution in [2.24, 2.45) is 0 Å². The summed E-state index contributed by atoms with van der Waals surface area (Å²) in [5.74, 6) is 0.573. The van der Waals surface area contributed by atoms with Gasteiger partial charge in [-0.3, -0.25) is 0 Å². The minimum absolute atomic E-state index is 0.438. The molecule has 0 atom stereocenters. The number of nitrogens with one attached hydrogen (secondary N) is 1. The summed E-state index contributed by atoms with van der Waals surface area (Å²) in [4.78, 5) is 13.6. The van der Waals surface area contributed by atoms with E-state index >= 15 is 0 Å². The molecule has 1 amide bonds. The number of amides is 1. The second-order valence-corrected chi connectivity index (χ2v) is 3.99. The van der Waals surface area contributed by atoms with Crippen molar-refractivity contribution in [2.45, 2.75) is 6.92 Å². The second-order valence-electron chi connectivity index (χ2n) is 3.99. The van der Waals surface area contributed by atoms with E-state index in [-0.39, 0.29) is 0 Å². The second kappa shape index (κ2) is 5.54. The lowest BCUT2D eigenvalue weighted by Gasteiger charge is -2.18. The first-order valence-electron chi connectivity index (χ1n) is 5.36. The lowest BCUT2D eigenvalue weighted by molar-refractivity contribution is 0.147. The Kier molecular flexibility index (Phi) is 4.34. The third-order valence-corrected chi connectivity index (χ3v) is 2.49. The average Bonchev–Trinajstić information content (AvgIpc) is 2.30. The standard InChI is InChI=1S/C12H19N3O2/c1-9-6-7-10(14(3)4)8-11(9)17-12(16)15(5)13-2/h6-8,13H,1-5H3. The largest absolute Gasteiger partial charge is 0.429 e. The molecule has 0 heterocycles. The summed E-state index contributed by atoms with van der Waals surface area (Å²) in [6.07, 6.45) is -0.438. The highest BCUT2D eigenvalue weighted by atomic mass is 16.6. The van der Waals surface area contributed by atoms with Crippen LogP contribution in [0.4, 0.5) is 10.5 Å². The molecule has 0 fully saturated rings. The predicted molar refractivity (Wildman–Crippen MR) is 68.4 cm³/mol. The number of carbonyl (C=O) groups is 1. The zero-order chi connectivity index (χ0) is 13.0. The fourth-order valence-electron chi connectivity index (χ4n) is 1.23. The molecule has 0 saturated carbocycles. The molecule has 0 aliphatic heterocycles. The Balaban J connectivity index is 2.90. The van der Waals surface area contributed by atoms with Crippen molar-refractivity contribution < 1.29 is 9.53 Å². The minimum atomic E-state index is -0.438. The number of aryl methyl sites for hydroxylation is 1. The van der Waals surface area contributed by atoms with Gasteiger partial charge in [0, 0.05) is 39.9 Å². The number of anilines is 1. The molecule has 17 heavy (non-hydrogen) atoms. The number of hydrogen-bond acceptors (Lipinski definition) is 4. The number of rotatable bonds is 3. The molecule has 1 N–H and O–H groups in total. The van der Waals surface area contributed by atoms with Gasteiger partial charge in [0.05, 0.1) is 0 Å². The first kappa shape index (κ1) is 13.3. The highest BCUT2D eigenvalue weighted by Gasteiger charge is 2.12. The van der Waals surface area contributed by atoms with Crippen LogP contribution in [0.25, 0.3) is 0 Å². The number of ether oxygens (including phenoxy) is 1. The van der Waals surface area contributed by atoms with Gasteiger partial charge >= 0.3 is 6.09 Å². The topological polar surface area (TPSA) is 44.8 Å². The van der Waals surface area contributed by atoms with Gasteiger partial charge in [-0.1, -0.05) is 6.07 Å². The minimum Gasteiger partial charge on any atom is -0.409 e. The summed E-state index contributed by atoms with van der Waals surface area (Å²) in [5.41, 5.74) is 4.61. The van der Waals surface area contributed by atoms with Crippen LogP contribution in [0.15, 0.2) is 18.2 Å². The van der Waals surface area contributed by atoms with Crippen LogP contribution in [-0.4, -0.2) is 39.3 Å². The quantitative estimate of drug-likeness (QED) is 0.811. The number of hydrogen-bond donors (Lipinski definition) is 1.